The monoisotopic (exact) mass is 456 g/mol. The molecule has 0 aliphatic rings. The topological polar surface area (TPSA) is 76.0 Å². The summed E-state index contributed by atoms with van der Waals surface area (Å²) in [6.45, 7) is 4.19. The minimum atomic E-state index is -0.360. The molecule has 2 aromatic carbocycles. The number of hydrogen-bond donors (Lipinski definition) is 2. The molecule has 2 amide bonds. The fraction of sp³-hybridized carbons (Fsp3) is 0.115. The molecule has 0 atom stereocenters. The van der Waals surface area contributed by atoms with Gasteiger partial charge in [-0.1, -0.05) is 42.0 Å². The lowest BCUT2D eigenvalue weighted by Gasteiger charge is -2.14. The molecule has 7 heteroatoms. The van der Waals surface area contributed by atoms with Crippen molar-refractivity contribution in [1.29, 1.82) is 0 Å². The van der Waals surface area contributed by atoms with Crippen LogP contribution in [0.25, 0.3) is 11.8 Å². The first kappa shape index (κ1) is 22.2. The Bertz CT molecular complexity index is 1290. The van der Waals surface area contributed by atoms with Crippen LogP contribution >= 0.6 is 11.3 Å². The molecule has 0 aliphatic carbocycles. The smallest absolute Gasteiger partial charge is 0.268 e. The molecule has 2 heterocycles. The highest BCUT2D eigenvalue weighted by atomic mass is 32.1. The zero-order valence-corrected chi connectivity index (χ0v) is 19.2. The van der Waals surface area contributed by atoms with E-state index in [0.29, 0.717) is 12.1 Å². The number of carbonyl (C=O) groups excluding carboxylic acids is 2. The van der Waals surface area contributed by atoms with E-state index in [4.69, 9.17) is 0 Å². The van der Waals surface area contributed by atoms with Crippen LogP contribution < -0.4 is 10.6 Å². The van der Waals surface area contributed by atoms with Crippen molar-refractivity contribution in [3.05, 3.63) is 112 Å². The van der Waals surface area contributed by atoms with Crippen LogP contribution in [0, 0.1) is 13.8 Å². The Morgan fingerprint density at radius 1 is 1.03 bits per heavy atom. The maximum Gasteiger partial charge on any atom is 0.268 e. The highest BCUT2D eigenvalue weighted by Gasteiger charge is 2.16. The maximum atomic E-state index is 13.1. The van der Waals surface area contributed by atoms with Crippen molar-refractivity contribution in [1.82, 2.24) is 20.2 Å². The molecule has 0 saturated heterocycles. The van der Waals surface area contributed by atoms with Crippen LogP contribution in [-0.4, -0.2) is 21.4 Å². The largest absolute Gasteiger partial charge is 0.347 e. The first-order valence-corrected chi connectivity index (χ1v) is 11.4. The molecule has 33 heavy (non-hydrogen) atoms. The van der Waals surface area contributed by atoms with Gasteiger partial charge in [0.1, 0.15) is 11.5 Å². The van der Waals surface area contributed by atoms with Crippen molar-refractivity contribution >= 4 is 29.2 Å². The van der Waals surface area contributed by atoms with Crippen molar-refractivity contribution in [2.24, 2.45) is 0 Å². The summed E-state index contributed by atoms with van der Waals surface area (Å²) in [5, 5.41) is 7.65. The fourth-order valence-corrected chi connectivity index (χ4v) is 4.03. The van der Waals surface area contributed by atoms with Crippen molar-refractivity contribution in [2.45, 2.75) is 20.4 Å². The van der Waals surface area contributed by atoms with Crippen LogP contribution in [0.1, 0.15) is 32.2 Å². The molecular weight excluding hydrogens is 432 g/mol. The Kier molecular flexibility index (Phi) is 6.80. The molecule has 4 aromatic rings. The summed E-state index contributed by atoms with van der Waals surface area (Å²) in [5.41, 5.74) is 3.63. The summed E-state index contributed by atoms with van der Waals surface area (Å²) in [7, 11) is 0. The second kappa shape index (κ2) is 10.1. The van der Waals surface area contributed by atoms with Crippen LogP contribution in [0.15, 0.2) is 84.1 Å². The Labute approximate surface area is 196 Å². The van der Waals surface area contributed by atoms with E-state index in [1.807, 2.05) is 78.5 Å². The number of imidazole rings is 1. The van der Waals surface area contributed by atoms with Crippen molar-refractivity contribution in [2.75, 3.05) is 0 Å². The number of para-hydroxylation sites is 1. The Morgan fingerprint density at radius 3 is 2.52 bits per heavy atom. The van der Waals surface area contributed by atoms with E-state index < -0.39 is 0 Å². The van der Waals surface area contributed by atoms with Crippen LogP contribution in [0.3, 0.4) is 0 Å². The first-order valence-electron chi connectivity index (χ1n) is 10.5. The molecule has 166 valence electrons. The zero-order chi connectivity index (χ0) is 23.2. The van der Waals surface area contributed by atoms with E-state index in [9.17, 15) is 9.59 Å². The number of amides is 2. The predicted molar refractivity (Wildman–Crippen MR) is 131 cm³/mol. The number of rotatable bonds is 7. The van der Waals surface area contributed by atoms with Gasteiger partial charge in [0.05, 0.1) is 5.69 Å². The normalized spacial score (nSPS) is 11.3. The van der Waals surface area contributed by atoms with E-state index in [-0.39, 0.29) is 17.5 Å². The molecule has 6 nitrogen and oxygen atoms in total. The van der Waals surface area contributed by atoms with E-state index in [1.54, 1.807) is 24.4 Å². The number of nitrogens with zero attached hydrogens (tertiary/aromatic N) is 2. The van der Waals surface area contributed by atoms with Gasteiger partial charge in [-0.15, -0.1) is 11.3 Å². The fourth-order valence-electron chi connectivity index (χ4n) is 3.37. The quantitative estimate of drug-likeness (QED) is 0.398. The van der Waals surface area contributed by atoms with Gasteiger partial charge in [0.15, 0.2) is 0 Å². The summed E-state index contributed by atoms with van der Waals surface area (Å²) in [6, 6.07) is 18.8. The summed E-state index contributed by atoms with van der Waals surface area (Å²) >= 11 is 1.49. The van der Waals surface area contributed by atoms with Crippen molar-refractivity contribution in [3.63, 3.8) is 0 Å². The predicted octanol–water partition coefficient (Wildman–Crippen LogP) is 4.64. The highest BCUT2D eigenvalue weighted by Crippen LogP contribution is 2.17. The molecule has 0 aliphatic heterocycles. The third kappa shape index (κ3) is 5.45. The second-order valence-corrected chi connectivity index (χ2v) is 8.53. The average Bonchev–Trinajstić information content (AvgIpc) is 3.49. The molecule has 0 radical (unpaired) electrons. The van der Waals surface area contributed by atoms with E-state index in [0.717, 1.165) is 27.5 Å². The number of thiophene rings is 1. The lowest BCUT2D eigenvalue weighted by molar-refractivity contribution is -0.117. The van der Waals surface area contributed by atoms with Crippen LogP contribution in [0.4, 0.5) is 0 Å². The molecule has 0 unspecified atom stereocenters. The minimum Gasteiger partial charge on any atom is -0.347 e. The number of nitrogens with one attached hydrogen (secondary N) is 2. The number of aromatic nitrogens is 2. The number of aryl methyl sites for hydroxylation is 2. The van der Waals surface area contributed by atoms with E-state index in [1.165, 1.54) is 11.3 Å². The molecular formula is C26H24N4O2S. The minimum absolute atomic E-state index is 0.194. The van der Waals surface area contributed by atoms with Gasteiger partial charge in [0, 0.05) is 29.4 Å². The average molecular weight is 457 g/mol. The van der Waals surface area contributed by atoms with Gasteiger partial charge in [0.25, 0.3) is 11.8 Å². The van der Waals surface area contributed by atoms with Gasteiger partial charge in [-0.05, 0) is 55.1 Å². The molecule has 2 N–H and O–H groups in total. The molecule has 0 fully saturated rings. The third-order valence-electron chi connectivity index (χ3n) is 5.15. The number of hydrogen-bond acceptors (Lipinski definition) is 4. The Hall–Kier alpha value is -3.97. The van der Waals surface area contributed by atoms with Gasteiger partial charge in [-0.3, -0.25) is 9.59 Å². The summed E-state index contributed by atoms with van der Waals surface area (Å²) in [5.74, 6) is 0.167. The first-order chi connectivity index (χ1) is 16.0. The van der Waals surface area contributed by atoms with Crippen molar-refractivity contribution < 1.29 is 9.59 Å². The van der Waals surface area contributed by atoms with Gasteiger partial charge >= 0.3 is 0 Å². The van der Waals surface area contributed by atoms with E-state index in [2.05, 4.69) is 15.6 Å². The Morgan fingerprint density at radius 2 is 1.82 bits per heavy atom. The standard InChI is InChI=1S/C26H24N4O2S/c1-18-9-11-20(12-10-18)25(31)29-23(16-22-7-5-15-33-22)26(32)28-17-21-6-3-4-8-24(21)30-14-13-27-19(30)2/h3-16H,17H2,1-2H3,(H,28,32)(H,29,31)/b23-16-. The SMILES string of the molecule is Cc1ccc(C(=O)N/C(=C\c2cccs2)C(=O)NCc2ccccc2-n2ccnc2C)cc1. The summed E-state index contributed by atoms with van der Waals surface area (Å²) in [4.78, 5) is 31.1. The maximum absolute atomic E-state index is 13.1. The Balaban J connectivity index is 1.54. The van der Waals surface area contributed by atoms with Gasteiger partial charge in [-0.2, -0.15) is 0 Å². The van der Waals surface area contributed by atoms with Crippen LogP contribution in [0.2, 0.25) is 0 Å². The molecule has 2 aromatic heterocycles. The van der Waals surface area contributed by atoms with Gasteiger partial charge < -0.3 is 15.2 Å². The highest BCUT2D eigenvalue weighted by molar-refractivity contribution is 7.10. The van der Waals surface area contributed by atoms with Gasteiger partial charge in [-0.25, -0.2) is 4.98 Å². The molecule has 4 rings (SSSR count). The summed E-state index contributed by atoms with van der Waals surface area (Å²) < 4.78 is 1.98. The second-order valence-electron chi connectivity index (χ2n) is 7.55. The van der Waals surface area contributed by atoms with E-state index >= 15 is 0 Å². The van der Waals surface area contributed by atoms with Crippen LogP contribution in [0.5, 0.6) is 0 Å². The molecule has 0 bridgehead atoms. The third-order valence-corrected chi connectivity index (χ3v) is 5.97. The number of benzene rings is 2. The lowest BCUT2D eigenvalue weighted by atomic mass is 10.1. The van der Waals surface area contributed by atoms with Crippen LogP contribution in [-0.2, 0) is 11.3 Å². The molecule has 0 spiro atoms. The van der Waals surface area contributed by atoms with Gasteiger partial charge in [0.2, 0.25) is 0 Å². The van der Waals surface area contributed by atoms with Crippen molar-refractivity contribution in [3.8, 4) is 5.69 Å². The number of carbonyl (C=O) groups is 2. The zero-order valence-electron chi connectivity index (χ0n) is 18.4. The summed E-state index contributed by atoms with van der Waals surface area (Å²) in [6.07, 6.45) is 5.32. The molecule has 0 saturated carbocycles. The lowest BCUT2D eigenvalue weighted by Crippen LogP contribution is -2.34.